The SMILES string of the molecule is COc1ccccc1C(=O)C[C@H](C(=O)N1CCC[C@H]1C(=O)C[C@@H](CCCN=C(N)N)C(=O)CF)C(C)C. The average Bonchev–Trinajstić information content (AvgIpc) is 3.37. The molecule has 0 aliphatic carbocycles. The van der Waals surface area contributed by atoms with Gasteiger partial charge in [-0.15, -0.1) is 0 Å². The van der Waals surface area contributed by atoms with Gasteiger partial charge in [-0.3, -0.25) is 24.2 Å². The zero-order chi connectivity index (χ0) is 27.5. The summed E-state index contributed by atoms with van der Waals surface area (Å²) in [4.78, 5) is 57.5. The van der Waals surface area contributed by atoms with Crippen molar-refractivity contribution in [3.05, 3.63) is 29.8 Å². The molecule has 3 atom stereocenters. The number of guanidine groups is 1. The molecule has 37 heavy (non-hydrogen) atoms. The first-order valence-electron chi connectivity index (χ1n) is 12.7. The van der Waals surface area contributed by atoms with Crippen molar-refractivity contribution in [2.75, 3.05) is 26.9 Å². The molecule has 1 heterocycles. The molecule has 0 saturated carbocycles. The molecule has 9 nitrogen and oxygen atoms in total. The fourth-order valence-corrected chi connectivity index (χ4v) is 4.78. The van der Waals surface area contributed by atoms with Crippen LogP contribution in [0, 0.1) is 17.8 Å². The molecular weight excluding hydrogens is 479 g/mol. The number of Topliss-reactive ketones (excluding diaryl/α,β-unsaturated/α-hetero) is 3. The maximum atomic E-state index is 13.6. The van der Waals surface area contributed by atoms with Crippen molar-refractivity contribution in [1.29, 1.82) is 0 Å². The third-order valence-corrected chi connectivity index (χ3v) is 6.88. The zero-order valence-corrected chi connectivity index (χ0v) is 22.0. The van der Waals surface area contributed by atoms with E-state index in [2.05, 4.69) is 4.99 Å². The van der Waals surface area contributed by atoms with Crippen LogP contribution in [0.15, 0.2) is 29.3 Å². The summed E-state index contributed by atoms with van der Waals surface area (Å²) in [6, 6.07) is 6.18. The minimum Gasteiger partial charge on any atom is -0.496 e. The van der Waals surface area contributed by atoms with E-state index in [4.69, 9.17) is 16.2 Å². The Morgan fingerprint density at radius 1 is 1.16 bits per heavy atom. The molecule has 1 aliphatic heterocycles. The number of benzene rings is 1. The van der Waals surface area contributed by atoms with E-state index in [1.165, 1.54) is 7.11 Å². The molecule has 1 amide bonds. The Bertz CT molecular complexity index is 993. The van der Waals surface area contributed by atoms with E-state index in [0.717, 1.165) is 0 Å². The number of amides is 1. The summed E-state index contributed by atoms with van der Waals surface area (Å²) in [6.07, 6.45) is 1.65. The van der Waals surface area contributed by atoms with Crippen molar-refractivity contribution in [2.45, 2.75) is 58.4 Å². The van der Waals surface area contributed by atoms with Gasteiger partial charge in [-0.05, 0) is 43.7 Å². The van der Waals surface area contributed by atoms with E-state index in [1.807, 2.05) is 13.8 Å². The number of aliphatic imine (C=N–C) groups is 1. The van der Waals surface area contributed by atoms with Gasteiger partial charge in [0.05, 0.1) is 18.7 Å². The van der Waals surface area contributed by atoms with Crippen LogP contribution in [0.3, 0.4) is 0 Å². The Hall–Kier alpha value is -3.30. The maximum absolute atomic E-state index is 13.6. The van der Waals surface area contributed by atoms with E-state index >= 15 is 0 Å². The lowest BCUT2D eigenvalue weighted by molar-refractivity contribution is -0.142. The average molecular weight is 519 g/mol. The number of carbonyl (C=O) groups is 4. The molecule has 1 aromatic rings. The highest BCUT2D eigenvalue weighted by Crippen LogP contribution is 2.30. The van der Waals surface area contributed by atoms with Gasteiger partial charge in [0, 0.05) is 37.8 Å². The van der Waals surface area contributed by atoms with Crippen molar-refractivity contribution in [3.63, 3.8) is 0 Å². The molecule has 1 saturated heterocycles. The van der Waals surface area contributed by atoms with Crippen LogP contribution in [-0.2, 0) is 14.4 Å². The Labute approximate surface area is 217 Å². The summed E-state index contributed by atoms with van der Waals surface area (Å²) in [6.45, 7) is 3.26. The second-order valence-corrected chi connectivity index (χ2v) is 9.78. The van der Waals surface area contributed by atoms with E-state index in [9.17, 15) is 23.6 Å². The van der Waals surface area contributed by atoms with Crippen LogP contribution in [0.1, 0.15) is 62.7 Å². The zero-order valence-electron chi connectivity index (χ0n) is 22.0. The predicted molar refractivity (Wildman–Crippen MR) is 139 cm³/mol. The molecule has 0 unspecified atom stereocenters. The Morgan fingerprint density at radius 3 is 2.49 bits per heavy atom. The lowest BCUT2D eigenvalue weighted by Gasteiger charge is -2.30. The van der Waals surface area contributed by atoms with Gasteiger partial charge in [-0.1, -0.05) is 26.0 Å². The molecule has 10 heteroatoms. The van der Waals surface area contributed by atoms with Crippen molar-refractivity contribution in [3.8, 4) is 5.75 Å². The minimum absolute atomic E-state index is 0.0119. The van der Waals surface area contributed by atoms with Crippen LogP contribution in [0.4, 0.5) is 4.39 Å². The van der Waals surface area contributed by atoms with E-state index in [1.54, 1.807) is 29.2 Å². The molecule has 0 spiro atoms. The van der Waals surface area contributed by atoms with Crippen molar-refractivity contribution < 1.29 is 28.3 Å². The number of para-hydroxylation sites is 1. The third-order valence-electron chi connectivity index (χ3n) is 6.88. The topological polar surface area (TPSA) is 145 Å². The Balaban J connectivity index is 2.13. The highest BCUT2D eigenvalue weighted by atomic mass is 19.1. The second-order valence-electron chi connectivity index (χ2n) is 9.78. The molecule has 0 bridgehead atoms. The number of carbonyl (C=O) groups excluding carboxylic acids is 4. The summed E-state index contributed by atoms with van der Waals surface area (Å²) < 4.78 is 18.5. The number of ether oxygens (including phenoxy) is 1. The number of rotatable bonds is 15. The minimum atomic E-state index is -1.16. The number of ketones is 3. The van der Waals surface area contributed by atoms with E-state index in [0.29, 0.717) is 37.1 Å². The standard InChI is InChI=1S/C27H39FN4O5/c1-17(2)20(15-22(33)19-9-4-5-11-25(19)37-3)26(36)32-13-7-10-21(32)23(34)14-18(24(35)16-28)8-6-12-31-27(29)30/h4-5,9,11,17-18,20-21H,6-8,10,12-16H2,1-3H3,(H4,29,30,31)/t18-,20+,21+/m1/s1. The highest BCUT2D eigenvalue weighted by Gasteiger charge is 2.39. The van der Waals surface area contributed by atoms with E-state index < -0.39 is 30.3 Å². The van der Waals surface area contributed by atoms with E-state index in [-0.39, 0.29) is 55.2 Å². The van der Waals surface area contributed by atoms with Crippen LogP contribution < -0.4 is 16.2 Å². The summed E-state index contributed by atoms with van der Waals surface area (Å²) in [5.74, 6) is -2.55. The molecule has 0 radical (unpaired) electrons. The second kappa shape index (κ2) is 14.4. The summed E-state index contributed by atoms with van der Waals surface area (Å²) >= 11 is 0. The normalized spacial score (nSPS) is 16.8. The van der Waals surface area contributed by atoms with Crippen LogP contribution in [0.25, 0.3) is 0 Å². The third kappa shape index (κ3) is 8.36. The summed E-state index contributed by atoms with van der Waals surface area (Å²) in [7, 11) is 1.49. The Kier molecular flexibility index (Phi) is 11.7. The number of hydrogen-bond acceptors (Lipinski definition) is 6. The quantitative estimate of drug-likeness (QED) is 0.157. The van der Waals surface area contributed by atoms with Crippen molar-refractivity contribution >= 4 is 29.2 Å². The van der Waals surface area contributed by atoms with Gasteiger partial charge >= 0.3 is 0 Å². The Morgan fingerprint density at radius 2 is 1.86 bits per heavy atom. The van der Waals surface area contributed by atoms with Gasteiger partial charge in [0.25, 0.3) is 0 Å². The number of nitrogens with two attached hydrogens (primary N) is 2. The molecule has 4 N–H and O–H groups in total. The number of nitrogens with zero attached hydrogens (tertiary/aromatic N) is 2. The van der Waals surface area contributed by atoms with Crippen molar-refractivity contribution in [1.82, 2.24) is 4.90 Å². The number of likely N-dealkylation sites (tertiary alicyclic amines) is 1. The number of halogens is 1. The lowest BCUT2D eigenvalue weighted by Crippen LogP contribution is -2.45. The lowest BCUT2D eigenvalue weighted by atomic mass is 9.86. The highest BCUT2D eigenvalue weighted by molar-refractivity contribution is 6.01. The van der Waals surface area contributed by atoms with Gasteiger partial charge in [-0.25, -0.2) is 4.39 Å². The first kappa shape index (κ1) is 29.9. The predicted octanol–water partition coefficient (Wildman–Crippen LogP) is 2.70. The molecule has 1 aliphatic rings. The van der Waals surface area contributed by atoms with Crippen LogP contribution in [0.5, 0.6) is 5.75 Å². The summed E-state index contributed by atoms with van der Waals surface area (Å²) in [5.41, 5.74) is 11.0. The first-order valence-corrected chi connectivity index (χ1v) is 12.7. The number of alkyl halides is 1. The number of hydrogen-bond donors (Lipinski definition) is 2. The molecule has 0 aromatic heterocycles. The van der Waals surface area contributed by atoms with Gasteiger partial charge < -0.3 is 21.1 Å². The molecular formula is C27H39FN4O5. The molecule has 2 rings (SSSR count). The van der Waals surface area contributed by atoms with Gasteiger partial charge in [0.15, 0.2) is 23.3 Å². The molecule has 204 valence electrons. The largest absolute Gasteiger partial charge is 0.496 e. The first-order chi connectivity index (χ1) is 17.6. The van der Waals surface area contributed by atoms with Crippen LogP contribution in [0.2, 0.25) is 0 Å². The summed E-state index contributed by atoms with van der Waals surface area (Å²) in [5, 5.41) is 0. The van der Waals surface area contributed by atoms with Gasteiger partial charge in [0.1, 0.15) is 12.4 Å². The van der Waals surface area contributed by atoms with Gasteiger partial charge in [-0.2, -0.15) is 0 Å². The monoisotopic (exact) mass is 518 g/mol. The van der Waals surface area contributed by atoms with Crippen molar-refractivity contribution in [2.24, 2.45) is 34.2 Å². The maximum Gasteiger partial charge on any atom is 0.227 e. The fraction of sp³-hybridized carbons (Fsp3) is 0.593. The fourth-order valence-electron chi connectivity index (χ4n) is 4.78. The molecule has 1 aromatic carbocycles. The van der Waals surface area contributed by atoms with Gasteiger partial charge in [0.2, 0.25) is 5.91 Å². The number of methoxy groups -OCH3 is 1. The molecule has 1 fully saturated rings. The smallest absolute Gasteiger partial charge is 0.227 e. The van der Waals surface area contributed by atoms with Crippen LogP contribution >= 0.6 is 0 Å². The van der Waals surface area contributed by atoms with Crippen LogP contribution in [-0.4, -0.2) is 67.0 Å².